The van der Waals surface area contributed by atoms with Crippen LogP contribution in [0.4, 0.5) is 5.82 Å². The molecule has 3 aromatic heterocycles. The van der Waals surface area contributed by atoms with Crippen molar-refractivity contribution >= 4 is 11.7 Å². The molecule has 6 heteroatoms. The number of nitrogens with one attached hydrogen (secondary N) is 1. The van der Waals surface area contributed by atoms with Gasteiger partial charge in [0.2, 0.25) is 0 Å². The Morgan fingerprint density at radius 1 is 0.905 bits per heavy atom. The number of aromatic nitrogens is 4. The Morgan fingerprint density at radius 3 is 2.43 bits per heavy atom. The van der Waals surface area contributed by atoms with Gasteiger partial charge in [0.05, 0.1) is 5.56 Å². The van der Waals surface area contributed by atoms with Crippen molar-refractivity contribution in [1.29, 1.82) is 0 Å². The molecule has 6 nitrogen and oxygen atoms in total. The van der Waals surface area contributed by atoms with E-state index in [-0.39, 0.29) is 5.91 Å². The van der Waals surface area contributed by atoms with Crippen molar-refractivity contribution in [3.8, 4) is 11.1 Å². The minimum absolute atomic E-state index is 0.244. The van der Waals surface area contributed by atoms with Gasteiger partial charge in [0, 0.05) is 42.1 Å². The number of nitrogens with zero attached hydrogens (tertiary/aromatic N) is 4. The molecule has 0 saturated heterocycles. The van der Waals surface area contributed by atoms with Crippen LogP contribution in [-0.4, -0.2) is 25.8 Å². The summed E-state index contributed by atoms with van der Waals surface area (Å²) in [6.45, 7) is 0. The lowest BCUT2D eigenvalue weighted by molar-refractivity contribution is 0.102. The molecule has 0 spiro atoms. The third-order valence-electron chi connectivity index (χ3n) is 2.82. The van der Waals surface area contributed by atoms with Crippen LogP contribution < -0.4 is 5.32 Å². The van der Waals surface area contributed by atoms with Crippen LogP contribution >= 0.6 is 0 Å². The summed E-state index contributed by atoms with van der Waals surface area (Å²) in [5.41, 5.74) is 2.24. The van der Waals surface area contributed by atoms with Crippen molar-refractivity contribution in [2.45, 2.75) is 0 Å². The summed E-state index contributed by atoms with van der Waals surface area (Å²) in [6, 6.07) is 6.99. The maximum atomic E-state index is 12.0. The lowest BCUT2D eigenvalue weighted by atomic mass is 10.1. The first-order valence-electron chi connectivity index (χ1n) is 6.26. The van der Waals surface area contributed by atoms with Crippen molar-refractivity contribution < 1.29 is 4.79 Å². The summed E-state index contributed by atoms with van der Waals surface area (Å²) >= 11 is 0. The van der Waals surface area contributed by atoms with E-state index in [0.29, 0.717) is 11.4 Å². The summed E-state index contributed by atoms with van der Waals surface area (Å²) in [5, 5.41) is 2.72. The van der Waals surface area contributed by atoms with Gasteiger partial charge in [0.25, 0.3) is 5.91 Å². The molecule has 0 fully saturated rings. The maximum absolute atomic E-state index is 12.0. The van der Waals surface area contributed by atoms with E-state index >= 15 is 0 Å². The smallest absolute Gasteiger partial charge is 0.258 e. The number of amides is 1. The number of rotatable bonds is 3. The third kappa shape index (κ3) is 3.06. The van der Waals surface area contributed by atoms with E-state index in [1.54, 1.807) is 43.0 Å². The predicted octanol–water partition coefficient (Wildman–Crippen LogP) is 2.19. The first-order chi connectivity index (χ1) is 10.3. The molecule has 0 aliphatic rings. The fourth-order valence-electron chi connectivity index (χ4n) is 1.77. The molecule has 102 valence electrons. The fourth-order valence-corrected chi connectivity index (χ4v) is 1.77. The molecule has 21 heavy (non-hydrogen) atoms. The van der Waals surface area contributed by atoms with Gasteiger partial charge in [-0.1, -0.05) is 0 Å². The molecule has 0 unspecified atom stereocenters. The molecular weight excluding hydrogens is 266 g/mol. The van der Waals surface area contributed by atoms with Gasteiger partial charge in [0.15, 0.2) is 0 Å². The summed E-state index contributed by atoms with van der Waals surface area (Å²) < 4.78 is 0. The summed E-state index contributed by atoms with van der Waals surface area (Å²) in [5.74, 6) is 0.232. The van der Waals surface area contributed by atoms with Gasteiger partial charge in [-0.2, -0.15) is 0 Å². The molecule has 1 amide bonds. The Bertz CT molecular complexity index is 729. The van der Waals surface area contributed by atoms with Crippen LogP contribution in [0.3, 0.4) is 0 Å². The molecule has 0 atom stereocenters. The molecule has 1 N–H and O–H groups in total. The Balaban J connectivity index is 1.75. The lowest BCUT2D eigenvalue weighted by Gasteiger charge is -2.05. The highest BCUT2D eigenvalue weighted by Gasteiger charge is 2.06. The zero-order valence-electron chi connectivity index (χ0n) is 11.0. The number of hydrogen-bond acceptors (Lipinski definition) is 5. The van der Waals surface area contributed by atoms with Crippen molar-refractivity contribution in [1.82, 2.24) is 19.9 Å². The standard InChI is InChI=1S/C15H11N5O/c21-15(12-2-1-5-16-6-12)20-14-4-3-11(9-19-14)13-7-17-10-18-8-13/h1-10H,(H,19,20,21). The van der Waals surface area contributed by atoms with E-state index in [1.165, 1.54) is 12.5 Å². The zero-order chi connectivity index (χ0) is 14.5. The molecule has 3 aromatic rings. The molecule has 0 aromatic carbocycles. The Labute approximate surface area is 121 Å². The topological polar surface area (TPSA) is 80.7 Å². The Hall–Kier alpha value is -3.15. The van der Waals surface area contributed by atoms with Gasteiger partial charge in [0.1, 0.15) is 12.1 Å². The minimum atomic E-state index is -0.244. The van der Waals surface area contributed by atoms with E-state index in [1.807, 2.05) is 6.07 Å². The first kappa shape index (κ1) is 12.9. The summed E-state index contributed by atoms with van der Waals surface area (Å²) in [7, 11) is 0. The molecular formula is C15H11N5O. The SMILES string of the molecule is O=C(Nc1ccc(-c2cncnc2)cn1)c1cccnc1. The molecule has 0 aliphatic carbocycles. The van der Waals surface area contributed by atoms with Gasteiger partial charge < -0.3 is 5.32 Å². The van der Waals surface area contributed by atoms with Crippen LogP contribution in [0, 0.1) is 0 Å². The van der Waals surface area contributed by atoms with Crippen LogP contribution in [0.5, 0.6) is 0 Å². The van der Waals surface area contributed by atoms with E-state index in [4.69, 9.17) is 0 Å². The lowest BCUT2D eigenvalue weighted by Crippen LogP contribution is -2.12. The molecule has 0 aliphatic heterocycles. The van der Waals surface area contributed by atoms with Crippen LogP contribution in [0.25, 0.3) is 11.1 Å². The molecule has 3 heterocycles. The fraction of sp³-hybridized carbons (Fsp3) is 0. The first-order valence-corrected chi connectivity index (χ1v) is 6.26. The number of anilines is 1. The van der Waals surface area contributed by atoms with Crippen molar-refractivity contribution in [3.63, 3.8) is 0 Å². The monoisotopic (exact) mass is 277 g/mol. The van der Waals surface area contributed by atoms with Gasteiger partial charge in [-0.25, -0.2) is 15.0 Å². The zero-order valence-corrected chi connectivity index (χ0v) is 11.0. The van der Waals surface area contributed by atoms with Gasteiger partial charge in [-0.05, 0) is 24.3 Å². The third-order valence-corrected chi connectivity index (χ3v) is 2.82. The van der Waals surface area contributed by atoms with E-state index < -0.39 is 0 Å². The highest BCUT2D eigenvalue weighted by molar-refractivity contribution is 6.03. The van der Waals surface area contributed by atoms with Gasteiger partial charge in [-0.3, -0.25) is 9.78 Å². The number of carbonyl (C=O) groups is 1. The second-order valence-corrected chi connectivity index (χ2v) is 4.26. The normalized spacial score (nSPS) is 10.1. The second-order valence-electron chi connectivity index (χ2n) is 4.26. The van der Waals surface area contributed by atoms with Crippen molar-refractivity contribution in [2.24, 2.45) is 0 Å². The Morgan fingerprint density at radius 2 is 1.76 bits per heavy atom. The minimum Gasteiger partial charge on any atom is -0.307 e. The number of carbonyl (C=O) groups excluding carboxylic acids is 1. The Kier molecular flexibility index (Phi) is 3.60. The van der Waals surface area contributed by atoms with Gasteiger partial charge in [-0.15, -0.1) is 0 Å². The molecule has 0 saturated carbocycles. The van der Waals surface area contributed by atoms with E-state index in [9.17, 15) is 4.79 Å². The van der Waals surface area contributed by atoms with E-state index in [2.05, 4.69) is 25.3 Å². The number of hydrogen-bond donors (Lipinski definition) is 1. The van der Waals surface area contributed by atoms with Crippen LogP contribution in [-0.2, 0) is 0 Å². The predicted molar refractivity (Wildman–Crippen MR) is 77.5 cm³/mol. The highest BCUT2D eigenvalue weighted by Crippen LogP contribution is 2.17. The van der Waals surface area contributed by atoms with E-state index in [0.717, 1.165) is 11.1 Å². The highest BCUT2D eigenvalue weighted by atomic mass is 16.1. The van der Waals surface area contributed by atoms with Crippen LogP contribution in [0.15, 0.2) is 61.6 Å². The quantitative estimate of drug-likeness (QED) is 0.793. The molecule has 3 rings (SSSR count). The van der Waals surface area contributed by atoms with Gasteiger partial charge >= 0.3 is 0 Å². The second kappa shape index (κ2) is 5.87. The van der Waals surface area contributed by atoms with Crippen LogP contribution in [0.1, 0.15) is 10.4 Å². The average Bonchev–Trinajstić information content (AvgIpc) is 2.57. The largest absolute Gasteiger partial charge is 0.307 e. The summed E-state index contributed by atoms with van der Waals surface area (Å²) in [6.07, 6.45) is 9.67. The van der Waals surface area contributed by atoms with Crippen LogP contribution in [0.2, 0.25) is 0 Å². The number of pyridine rings is 2. The average molecular weight is 277 g/mol. The molecule has 0 radical (unpaired) electrons. The van der Waals surface area contributed by atoms with Crippen molar-refractivity contribution in [3.05, 3.63) is 67.1 Å². The molecule has 0 bridgehead atoms. The summed E-state index contributed by atoms with van der Waals surface area (Å²) in [4.78, 5) is 28.0. The maximum Gasteiger partial charge on any atom is 0.258 e. The van der Waals surface area contributed by atoms with Crippen molar-refractivity contribution in [2.75, 3.05) is 5.32 Å².